The van der Waals surface area contributed by atoms with Crippen molar-refractivity contribution in [1.82, 2.24) is 0 Å². The lowest BCUT2D eigenvalue weighted by atomic mass is 9.82. The molecule has 3 aromatic rings. The van der Waals surface area contributed by atoms with Crippen LogP contribution in [-0.4, -0.2) is 10.2 Å². The molecule has 0 atom stereocenters. The molecule has 0 bridgehead atoms. The van der Waals surface area contributed by atoms with Gasteiger partial charge in [0, 0.05) is 22.7 Å². The van der Waals surface area contributed by atoms with Crippen LogP contribution in [0, 0.1) is 13.8 Å². The molecule has 0 aliphatic carbocycles. The molecule has 0 saturated carbocycles. The molecule has 24 heavy (non-hydrogen) atoms. The minimum absolute atomic E-state index is 0.190. The summed E-state index contributed by atoms with van der Waals surface area (Å²) < 4.78 is 0. The Morgan fingerprint density at radius 3 is 1.71 bits per heavy atom. The number of anilines is 1. The summed E-state index contributed by atoms with van der Waals surface area (Å²) in [5, 5.41) is 20.9. The van der Waals surface area contributed by atoms with Crippen molar-refractivity contribution < 1.29 is 10.2 Å². The van der Waals surface area contributed by atoms with Gasteiger partial charge in [-0.15, -0.1) is 0 Å². The Morgan fingerprint density at radius 1 is 0.708 bits per heavy atom. The number of phenols is 2. The number of para-hydroxylation sites is 1. The van der Waals surface area contributed by atoms with Crippen LogP contribution in [0.5, 0.6) is 11.5 Å². The molecule has 0 aliphatic heterocycles. The molecule has 0 aliphatic rings. The number of rotatable bonds is 3. The quantitative estimate of drug-likeness (QED) is 0.492. The van der Waals surface area contributed by atoms with Crippen molar-refractivity contribution in [2.45, 2.75) is 19.8 Å². The van der Waals surface area contributed by atoms with Gasteiger partial charge in [-0.3, -0.25) is 0 Å². The summed E-state index contributed by atoms with van der Waals surface area (Å²) >= 11 is 0. The first-order valence-electron chi connectivity index (χ1n) is 7.91. The van der Waals surface area contributed by atoms with Gasteiger partial charge in [0.1, 0.15) is 11.5 Å². The maximum Gasteiger partial charge on any atom is 0.119 e. The Morgan fingerprint density at radius 2 is 1.21 bits per heavy atom. The summed E-state index contributed by atoms with van der Waals surface area (Å²) in [4.78, 5) is 0. The van der Waals surface area contributed by atoms with E-state index < -0.39 is 0 Å². The normalized spacial score (nSPS) is 11.0. The zero-order chi connectivity index (χ0) is 17.3. The second kappa shape index (κ2) is 6.28. The van der Waals surface area contributed by atoms with Crippen molar-refractivity contribution >= 4 is 5.69 Å². The molecule has 3 heteroatoms. The zero-order valence-electron chi connectivity index (χ0n) is 13.8. The van der Waals surface area contributed by atoms with Crippen LogP contribution in [0.3, 0.4) is 0 Å². The minimum Gasteiger partial charge on any atom is -0.508 e. The number of benzene rings is 3. The topological polar surface area (TPSA) is 66.5 Å². The predicted octanol–water partition coefficient (Wildman–Crippen LogP) is 4.48. The summed E-state index contributed by atoms with van der Waals surface area (Å²) in [6.45, 7) is 3.95. The van der Waals surface area contributed by atoms with E-state index in [1.54, 1.807) is 12.1 Å². The largest absolute Gasteiger partial charge is 0.508 e. The molecule has 0 saturated heterocycles. The van der Waals surface area contributed by atoms with Gasteiger partial charge in [-0.05, 0) is 37.6 Å². The lowest BCUT2D eigenvalue weighted by Gasteiger charge is -2.23. The third-order valence-electron chi connectivity index (χ3n) is 4.30. The Hall–Kier alpha value is -2.94. The molecular weight excluding hydrogens is 298 g/mol. The van der Waals surface area contributed by atoms with Crippen molar-refractivity contribution in [3.05, 3.63) is 88.5 Å². The van der Waals surface area contributed by atoms with E-state index in [1.807, 2.05) is 62.4 Å². The van der Waals surface area contributed by atoms with Gasteiger partial charge in [-0.2, -0.15) is 0 Å². The van der Waals surface area contributed by atoms with Crippen molar-refractivity contribution in [3.63, 3.8) is 0 Å². The van der Waals surface area contributed by atoms with Crippen LogP contribution in [0.25, 0.3) is 0 Å². The third kappa shape index (κ3) is 2.93. The molecule has 0 amide bonds. The number of aromatic hydroxyl groups is 2. The second-order valence-corrected chi connectivity index (χ2v) is 6.19. The first kappa shape index (κ1) is 15.9. The monoisotopic (exact) mass is 319 g/mol. The lowest BCUT2D eigenvalue weighted by Crippen LogP contribution is -2.08. The van der Waals surface area contributed by atoms with Gasteiger partial charge < -0.3 is 15.9 Å². The third-order valence-corrected chi connectivity index (χ3v) is 4.30. The SMILES string of the molecule is Cc1ccc(O)c(C(c2ccccc2N)c2cc(C)ccc2O)c1. The van der Waals surface area contributed by atoms with Crippen LogP contribution in [-0.2, 0) is 0 Å². The predicted molar refractivity (Wildman–Crippen MR) is 97.5 cm³/mol. The number of hydrogen-bond donors (Lipinski definition) is 3. The smallest absolute Gasteiger partial charge is 0.119 e. The van der Waals surface area contributed by atoms with Crippen LogP contribution >= 0.6 is 0 Å². The van der Waals surface area contributed by atoms with Gasteiger partial charge in [0.2, 0.25) is 0 Å². The first-order chi connectivity index (χ1) is 11.5. The summed E-state index contributed by atoms with van der Waals surface area (Å²) in [5.41, 5.74) is 11.2. The van der Waals surface area contributed by atoms with Gasteiger partial charge in [-0.1, -0.05) is 53.6 Å². The van der Waals surface area contributed by atoms with Crippen molar-refractivity contribution in [2.75, 3.05) is 5.73 Å². The molecule has 4 N–H and O–H groups in total. The fourth-order valence-corrected chi connectivity index (χ4v) is 3.09. The molecule has 3 nitrogen and oxygen atoms in total. The maximum atomic E-state index is 10.5. The first-order valence-corrected chi connectivity index (χ1v) is 7.91. The highest BCUT2D eigenvalue weighted by atomic mass is 16.3. The molecule has 0 unspecified atom stereocenters. The average Bonchev–Trinajstić information content (AvgIpc) is 2.56. The summed E-state index contributed by atoms with van der Waals surface area (Å²) in [6, 6.07) is 18.5. The zero-order valence-corrected chi connectivity index (χ0v) is 13.8. The standard InChI is InChI=1S/C21H21NO2/c1-13-7-9-19(23)16(11-13)21(15-5-3-4-6-18(15)22)17-12-14(2)8-10-20(17)24/h3-12,21,23-24H,22H2,1-2H3. The summed E-state index contributed by atoms with van der Waals surface area (Å²) in [6.07, 6.45) is 0. The molecule has 0 spiro atoms. The number of phenolic OH excluding ortho intramolecular Hbond substituents is 2. The van der Waals surface area contributed by atoms with E-state index in [2.05, 4.69) is 0 Å². The van der Waals surface area contributed by atoms with Crippen LogP contribution < -0.4 is 5.73 Å². The highest BCUT2D eigenvalue weighted by molar-refractivity contribution is 5.60. The summed E-state index contributed by atoms with van der Waals surface area (Å²) in [7, 11) is 0. The number of aryl methyl sites for hydroxylation is 2. The van der Waals surface area contributed by atoms with Gasteiger partial charge in [-0.25, -0.2) is 0 Å². The molecule has 0 fully saturated rings. The van der Waals surface area contributed by atoms with Gasteiger partial charge in [0.25, 0.3) is 0 Å². The fraction of sp³-hybridized carbons (Fsp3) is 0.143. The van der Waals surface area contributed by atoms with Crippen LogP contribution in [0.2, 0.25) is 0 Å². The van der Waals surface area contributed by atoms with Crippen molar-refractivity contribution in [3.8, 4) is 11.5 Å². The van der Waals surface area contributed by atoms with Crippen molar-refractivity contribution in [1.29, 1.82) is 0 Å². The highest BCUT2D eigenvalue weighted by Crippen LogP contribution is 2.42. The molecule has 122 valence electrons. The molecule has 3 aromatic carbocycles. The maximum absolute atomic E-state index is 10.5. The van der Waals surface area contributed by atoms with E-state index >= 15 is 0 Å². The van der Waals surface area contributed by atoms with Crippen LogP contribution in [0.4, 0.5) is 5.69 Å². The second-order valence-electron chi connectivity index (χ2n) is 6.19. The van der Waals surface area contributed by atoms with E-state index in [0.29, 0.717) is 5.69 Å². The van der Waals surface area contributed by atoms with Gasteiger partial charge in [0.05, 0.1) is 0 Å². The number of nitrogen functional groups attached to an aromatic ring is 1. The van der Waals surface area contributed by atoms with Crippen LogP contribution in [0.15, 0.2) is 60.7 Å². The van der Waals surface area contributed by atoms with E-state index in [0.717, 1.165) is 27.8 Å². The van der Waals surface area contributed by atoms with Gasteiger partial charge in [0.15, 0.2) is 0 Å². The van der Waals surface area contributed by atoms with Crippen LogP contribution in [0.1, 0.15) is 33.7 Å². The highest BCUT2D eigenvalue weighted by Gasteiger charge is 2.24. The van der Waals surface area contributed by atoms with E-state index in [9.17, 15) is 10.2 Å². The molecule has 0 aromatic heterocycles. The molecule has 0 radical (unpaired) electrons. The Labute approximate surface area is 142 Å². The van der Waals surface area contributed by atoms with Crippen molar-refractivity contribution in [2.24, 2.45) is 0 Å². The molecule has 3 rings (SSSR count). The number of hydrogen-bond acceptors (Lipinski definition) is 3. The lowest BCUT2D eigenvalue weighted by molar-refractivity contribution is 0.458. The molecule has 0 heterocycles. The van der Waals surface area contributed by atoms with E-state index in [4.69, 9.17) is 5.73 Å². The fourth-order valence-electron chi connectivity index (χ4n) is 3.09. The Balaban J connectivity index is 2.31. The van der Waals surface area contributed by atoms with E-state index in [-0.39, 0.29) is 17.4 Å². The summed E-state index contributed by atoms with van der Waals surface area (Å²) in [5.74, 6) is 0.0375. The van der Waals surface area contributed by atoms with Gasteiger partial charge >= 0.3 is 0 Å². The average molecular weight is 319 g/mol. The molecular formula is C21H21NO2. The van der Waals surface area contributed by atoms with E-state index in [1.165, 1.54) is 0 Å². The Bertz CT molecular complexity index is 835. The Kier molecular flexibility index (Phi) is 4.17. The minimum atomic E-state index is -0.342. The number of nitrogens with two attached hydrogens (primary N) is 1.